The van der Waals surface area contributed by atoms with Crippen LogP contribution in [0.25, 0.3) is 0 Å². The molecule has 100 valence electrons. The first-order valence-corrected chi connectivity index (χ1v) is 6.75. The van der Waals surface area contributed by atoms with Gasteiger partial charge in [-0.25, -0.2) is 4.39 Å². The molecular formula is C10H15FN4O2S. The minimum atomic E-state index is -3.74. The van der Waals surface area contributed by atoms with Crippen molar-refractivity contribution in [3.8, 4) is 0 Å². The van der Waals surface area contributed by atoms with E-state index in [1.165, 1.54) is 6.07 Å². The predicted molar refractivity (Wildman–Crippen MR) is 68.3 cm³/mol. The Kier molecular flexibility index (Phi) is 4.62. The number of nitrogen functional groups attached to an aromatic ring is 1. The fourth-order valence-corrected chi connectivity index (χ4v) is 2.26. The minimum Gasteiger partial charge on any atom is -0.384 e. The van der Waals surface area contributed by atoms with Crippen molar-refractivity contribution >= 4 is 21.7 Å². The van der Waals surface area contributed by atoms with Gasteiger partial charge in [0.2, 0.25) is 0 Å². The number of benzene rings is 1. The van der Waals surface area contributed by atoms with Crippen LogP contribution in [0.2, 0.25) is 0 Å². The van der Waals surface area contributed by atoms with Gasteiger partial charge in [-0.1, -0.05) is 6.92 Å². The molecule has 0 radical (unpaired) electrons. The summed E-state index contributed by atoms with van der Waals surface area (Å²) in [7, 11) is -3.74. The Labute approximate surface area is 105 Å². The first kappa shape index (κ1) is 14.4. The lowest BCUT2D eigenvalue weighted by Crippen LogP contribution is -2.31. The molecular weight excluding hydrogens is 259 g/mol. The maximum atomic E-state index is 13.0. The van der Waals surface area contributed by atoms with Crippen molar-refractivity contribution in [1.82, 2.24) is 4.72 Å². The van der Waals surface area contributed by atoms with Gasteiger partial charge in [-0.3, -0.25) is 10.1 Å². The molecule has 0 aliphatic heterocycles. The van der Waals surface area contributed by atoms with E-state index in [1.54, 1.807) is 0 Å². The highest BCUT2D eigenvalue weighted by Gasteiger charge is 2.13. The van der Waals surface area contributed by atoms with Gasteiger partial charge < -0.3 is 5.73 Å². The van der Waals surface area contributed by atoms with E-state index < -0.39 is 21.9 Å². The van der Waals surface area contributed by atoms with Crippen LogP contribution >= 0.6 is 0 Å². The van der Waals surface area contributed by atoms with E-state index >= 15 is 0 Å². The molecule has 0 bridgehead atoms. The van der Waals surface area contributed by atoms with Gasteiger partial charge in [0, 0.05) is 12.1 Å². The lowest BCUT2D eigenvalue weighted by molar-refractivity contribution is 0.586. The third-order valence-electron chi connectivity index (χ3n) is 2.06. The van der Waals surface area contributed by atoms with Crippen molar-refractivity contribution < 1.29 is 12.8 Å². The average molecular weight is 274 g/mol. The molecule has 0 aliphatic rings. The fourth-order valence-electron chi connectivity index (χ4n) is 1.25. The highest BCUT2D eigenvalue weighted by atomic mass is 32.2. The van der Waals surface area contributed by atoms with Crippen molar-refractivity contribution in [2.75, 3.05) is 11.3 Å². The summed E-state index contributed by atoms with van der Waals surface area (Å²) in [6, 6.07) is 3.31. The van der Waals surface area contributed by atoms with Gasteiger partial charge in [-0.05, 0) is 24.6 Å². The van der Waals surface area contributed by atoms with E-state index in [4.69, 9.17) is 11.1 Å². The number of halogens is 1. The summed E-state index contributed by atoms with van der Waals surface area (Å²) < 4.78 is 40.7. The molecule has 0 spiro atoms. The number of rotatable bonds is 6. The van der Waals surface area contributed by atoms with E-state index in [0.29, 0.717) is 6.42 Å². The summed E-state index contributed by atoms with van der Waals surface area (Å²) in [6.07, 6.45) is 0.643. The molecule has 0 unspecified atom stereocenters. The number of anilines is 1. The Morgan fingerprint density at radius 1 is 1.50 bits per heavy atom. The number of nitrogens with two attached hydrogens (primary N) is 1. The van der Waals surface area contributed by atoms with E-state index in [9.17, 15) is 12.8 Å². The second-order valence-corrected chi connectivity index (χ2v) is 5.10. The molecule has 0 amide bonds. The first-order chi connectivity index (χ1) is 8.35. The van der Waals surface area contributed by atoms with E-state index in [1.807, 2.05) is 6.92 Å². The number of hydrogen-bond donors (Lipinski definition) is 4. The highest BCUT2D eigenvalue weighted by molar-refractivity contribution is 7.90. The van der Waals surface area contributed by atoms with Crippen molar-refractivity contribution in [3.63, 3.8) is 0 Å². The SMILES string of the molecule is CCCNS(=O)(=O)Nc1ccc(F)cc1C(=N)N. The van der Waals surface area contributed by atoms with Gasteiger partial charge in [0.1, 0.15) is 11.7 Å². The molecule has 0 heterocycles. The van der Waals surface area contributed by atoms with Crippen molar-refractivity contribution in [1.29, 1.82) is 5.41 Å². The van der Waals surface area contributed by atoms with Gasteiger partial charge in [-0.2, -0.15) is 13.1 Å². The van der Waals surface area contributed by atoms with Crippen LogP contribution in [-0.4, -0.2) is 20.8 Å². The monoisotopic (exact) mass is 274 g/mol. The third-order valence-corrected chi connectivity index (χ3v) is 3.13. The normalized spacial score (nSPS) is 11.2. The van der Waals surface area contributed by atoms with Crippen LogP contribution < -0.4 is 15.2 Å². The molecule has 0 saturated heterocycles. The maximum absolute atomic E-state index is 13.0. The van der Waals surface area contributed by atoms with Crippen molar-refractivity contribution in [2.24, 2.45) is 5.73 Å². The largest absolute Gasteiger partial charge is 0.384 e. The summed E-state index contributed by atoms with van der Waals surface area (Å²) in [5.41, 5.74) is 5.32. The molecule has 0 aromatic heterocycles. The average Bonchev–Trinajstić information content (AvgIpc) is 2.28. The quantitative estimate of drug-likeness (QED) is 0.454. The Morgan fingerprint density at radius 2 is 2.17 bits per heavy atom. The zero-order chi connectivity index (χ0) is 13.8. The van der Waals surface area contributed by atoms with Crippen molar-refractivity contribution in [3.05, 3.63) is 29.6 Å². The van der Waals surface area contributed by atoms with Crippen LogP contribution in [0.3, 0.4) is 0 Å². The van der Waals surface area contributed by atoms with Crippen LogP contribution in [0.5, 0.6) is 0 Å². The fraction of sp³-hybridized carbons (Fsp3) is 0.300. The standard InChI is InChI=1S/C10H15FN4O2S/c1-2-5-14-18(16,17)15-9-4-3-7(11)6-8(9)10(12)13/h3-4,6,14-15H,2,5H2,1H3,(H3,12,13). The highest BCUT2D eigenvalue weighted by Crippen LogP contribution is 2.17. The molecule has 1 aromatic carbocycles. The Hall–Kier alpha value is -1.67. The maximum Gasteiger partial charge on any atom is 0.299 e. The summed E-state index contributed by atoms with van der Waals surface area (Å²) in [5.74, 6) is -1.01. The Balaban J connectivity index is 3.01. The number of hydrogen-bond acceptors (Lipinski definition) is 3. The van der Waals surface area contributed by atoms with Crippen LogP contribution in [0, 0.1) is 11.2 Å². The number of nitrogens with one attached hydrogen (secondary N) is 3. The Bertz CT molecular complexity index is 545. The van der Waals surface area contributed by atoms with Gasteiger partial charge in [-0.15, -0.1) is 0 Å². The van der Waals surface area contributed by atoms with Gasteiger partial charge in [0.25, 0.3) is 10.2 Å². The van der Waals surface area contributed by atoms with E-state index in [2.05, 4.69) is 9.44 Å². The van der Waals surface area contributed by atoms with Crippen molar-refractivity contribution in [2.45, 2.75) is 13.3 Å². The summed E-state index contributed by atoms with van der Waals surface area (Å²) in [5, 5.41) is 7.27. The molecule has 1 aromatic rings. The first-order valence-electron chi connectivity index (χ1n) is 5.27. The zero-order valence-corrected chi connectivity index (χ0v) is 10.6. The van der Waals surface area contributed by atoms with E-state index in [-0.39, 0.29) is 17.8 Å². The zero-order valence-electron chi connectivity index (χ0n) is 9.83. The molecule has 0 aliphatic carbocycles. The second kappa shape index (κ2) is 5.78. The van der Waals surface area contributed by atoms with Gasteiger partial charge >= 0.3 is 0 Å². The van der Waals surface area contributed by atoms with Gasteiger partial charge in [0.05, 0.1) is 5.69 Å². The molecule has 0 atom stereocenters. The van der Waals surface area contributed by atoms with Crippen LogP contribution in [0.1, 0.15) is 18.9 Å². The van der Waals surface area contributed by atoms with E-state index in [0.717, 1.165) is 12.1 Å². The molecule has 0 fully saturated rings. The molecule has 8 heteroatoms. The molecule has 18 heavy (non-hydrogen) atoms. The number of amidine groups is 1. The molecule has 6 nitrogen and oxygen atoms in total. The topological polar surface area (TPSA) is 108 Å². The minimum absolute atomic E-state index is 0.00289. The molecule has 5 N–H and O–H groups in total. The second-order valence-electron chi connectivity index (χ2n) is 3.60. The lowest BCUT2D eigenvalue weighted by atomic mass is 10.1. The lowest BCUT2D eigenvalue weighted by Gasteiger charge is -2.12. The molecule has 0 saturated carbocycles. The summed E-state index contributed by atoms with van der Waals surface area (Å²) >= 11 is 0. The summed E-state index contributed by atoms with van der Waals surface area (Å²) in [4.78, 5) is 0. The third kappa shape index (κ3) is 3.97. The summed E-state index contributed by atoms with van der Waals surface area (Å²) in [6.45, 7) is 2.10. The van der Waals surface area contributed by atoms with Crippen LogP contribution in [0.15, 0.2) is 18.2 Å². The van der Waals surface area contributed by atoms with Crippen LogP contribution in [-0.2, 0) is 10.2 Å². The molecule has 1 rings (SSSR count). The van der Waals surface area contributed by atoms with Gasteiger partial charge in [0.15, 0.2) is 0 Å². The van der Waals surface area contributed by atoms with Crippen LogP contribution in [0.4, 0.5) is 10.1 Å². The Morgan fingerprint density at radius 3 is 2.72 bits per heavy atom. The smallest absolute Gasteiger partial charge is 0.299 e. The predicted octanol–water partition coefficient (Wildman–Crippen LogP) is 0.766.